The average molecular weight is 326 g/mol. The lowest BCUT2D eigenvalue weighted by molar-refractivity contribution is -0.133. The Morgan fingerprint density at radius 3 is 2.71 bits per heavy atom. The summed E-state index contributed by atoms with van der Waals surface area (Å²) in [6.07, 6.45) is 6.25. The summed E-state index contributed by atoms with van der Waals surface area (Å²) in [5.74, 6) is 2.04. The quantitative estimate of drug-likeness (QED) is 0.504. The second-order valence-electron chi connectivity index (χ2n) is 9.27. The van der Waals surface area contributed by atoms with Gasteiger partial charge in [0.05, 0.1) is 0 Å². The number of ether oxygens (including phenoxy) is 1. The van der Waals surface area contributed by atoms with Crippen LogP contribution in [0.1, 0.15) is 52.9 Å². The molecule has 24 heavy (non-hydrogen) atoms. The molecule has 0 aromatic heterocycles. The van der Waals surface area contributed by atoms with E-state index in [0.717, 1.165) is 43.3 Å². The van der Waals surface area contributed by atoms with E-state index in [0.29, 0.717) is 23.5 Å². The highest BCUT2D eigenvalue weighted by molar-refractivity contribution is 6.00. The molecule has 0 bridgehead atoms. The van der Waals surface area contributed by atoms with Crippen molar-refractivity contribution in [3.05, 3.63) is 23.8 Å². The molecule has 4 aliphatic carbocycles. The molecule has 128 valence electrons. The van der Waals surface area contributed by atoms with E-state index in [9.17, 15) is 9.59 Å². The van der Waals surface area contributed by atoms with Crippen LogP contribution in [0.3, 0.4) is 0 Å². The summed E-state index contributed by atoms with van der Waals surface area (Å²) in [5, 5.41) is 0. The summed E-state index contributed by atoms with van der Waals surface area (Å²) in [7, 11) is 0. The lowest BCUT2D eigenvalue weighted by Gasteiger charge is -2.59. The summed E-state index contributed by atoms with van der Waals surface area (Å²) in [5.41, 5.74) is 1.53. The van der Waals surface area contributed by atoms with Gasteiger partial charge in [0.1, 0.15) is 11.4 Å². The fourth-order valence-electron chi connectivity index (χ4n) is 7.24. The first kappa shape index (κ1) is 15.1. The van der Waals surface area contributed by atoms with Gasteiger partial charge < -0.3 is 4.74 Å². The number of hydrogen-bond acceptors (Lipinski definition) is 3. The number of hydrogen-bond donors (Lipinski definition) is 0. The number of carbonyl (C=O) groups is 2. The molecular formula is C21H26O3. The summed E-state index contributed by atoms with van der Waals surface area (Å²) >= 11 is 0. The van der Waals surface area contributed by atoms with Crippen LogP contribution in [0.4, 0.5) is 0 Å². The molecule has 4 fully saturated rings. The van der Waals surface area contributed by atoms with Crippen LogP contribution in [0.15, 0.2) is 23.8 Å². The Labute approximate surface area is 143 Å². The fourth-order valence-corrected chi connectivity index (χ4v) is 7.24. The molecule has 0 amide bonds. The van der Waals surface area contributed by atoms with Crippen LogP contribution < -0.4 is 0 Å². The molecule has 1 spiro atoms. The highest BCUT2D eigenvalue weighted by Crippen LogP contribution is 2.73. The molecule has 3 saturated carbocycles. The van der Waals surface area contributed by atoms with Crippen LogP contribution in [0.5, 0.6) is 0 Å². The number of rotatable bonds is 0. The third-order valence-corrected chi connectivity index (χ3v) is 8.72. The van der Waals surface area contributed by atoms with Gasteiger partial charge in [-0.2, -0.15) is 0 Å². The number of fused-ring (bicyclic) bond motifs is 4. The Morgan fingerprint density at radius 1 is 1.21 bits per heavy atom. The summed E-state index contributed by atoms with van der Waals surface area (Å²) in [4.78, 5) is 24.9. The van der Waals surface area contributed by atoms with E-state index in [1.54, 1.807) is 0 Å². The Morgan fingerprint density at radius 2 is 1.96 bits per heavy atom. The van der Waals surface area contributed by atoms with E-state index in [2.05, 4.69) is 27.4 Å². The SMILES string of the molecule is C=C1C[C@@H]2[C@@H](CC[C@]3(C)C(=O)CC[C@@H]23)[C@@]2(C)C(C)=CC(=O)C3OC132. The van der Waals surface area contributed by atoms with Gasteiger partial charge in [0.2, 0.25) is 0 Å². The van der Waals surface area contributed by atoms with E-state index < -0.39 is 5.60 Å². The van der Waals surface area contributed by atoms with Crippen molar-refractivity contribution in [2.45, 2.75) is 64.6 Å². The molecule has 2 unspecified atom stereocenters. The van der Waals surface area contributed by atoms with E-state index in [4.69, 9.17) is 4.74 Å². The largest absolute Gasteiger partial charge is 0.352 e. The molecule has 3 heteroatoms. The van der Waals surface area contributed by atoms with Crippen molar-refractivity contribution in [2.75, 3.05) is 0 Å². The van der Waals surface area contributed by atoms with E-state index in [1.165, 1.54) is 0 Å². The molecule has 0 aromatic carbocycles. The lowest BCUT2D eigenvalue weighted by Crippen LogP contribution is -2.59. The second kappa shape index (κ2) is 4.12. The number of carbonyl (C=O) groups excluding carboxylic acids is 2. The molecule has 0 aromatic rings. The lowest BCUT2D eigenvalue weighted by atomic mass is 9.43. The maximum Gasteiger partial charge on any atom is 0.187 e. The minimum absolute atomic E-state index is 0.112. The van der Waals surface area contributed by atoms with Gasteiger partial charge in [-0.15, -0.1) is 0 Å². The molecule has 5 aliphatic rings. The van der Waals surface area contributed by atoms with Gasteiger partial charge in [-0.05, 0) is 62.0 Å². The monoisotopic (exact) mass is 326 g/mol. The van der Waals surface area contributed by atoms with Crippen molar-refractivity contribution in [2.24, 2.45) is 28.6 Å². The highest BCUT2D eigenvalue weighted by Gasteiger charge is 2.78. The van der Waals surface area contributed by atoms with E-state index in [-0.39, 0.29) is 22.7 Å². The first-order valence-electron chi connectivity index (χ1n) is 9.39. The average Bonchev–Trinajstić information content (AvgIpc) is 3.22. The van der Waals surface area contributed by atoms with Crippen molar-refractivity contribution in [3.8, 4) is 0 Å². The van der Waals surface area contributed by atoms with Crippen LogP contribution >= 0.6 is 0 Å². The molecule has 1 aliphatic heterocycles. The van der Waals surface area contributed by atoms with Gasteiger partial charge in [-0.25, -0.2) is 0 Å². The Balaban J connectivity index is 1.64. The van der Waals surface area contributed by atoms with Crippen molar-refractivity contribution >= 4 is 11.6 Å². The number of ketones is 2. The van der Waals surface area contributed by atoms with Gasteiger partial charge in [-0.1, -0.05) is 26.0 Å². The topological polar surface area (TPSA) is 46.7 Å². The first-order chi connectivity index (χ1) is 11.3. The third kappa shape index (κ3) is 1.34. The van der Waals surface area contributed by atoms with Crippen molar-refractivity contribution in [3.63, 3.8) is 0 Å². The minimum Gasteiger partial charge on any atom is -0.352 e. The van der Waals surface area contributed by atoms with Crippen LogP contribution in [0, 0.1) is 28.6 Å². The summed E-state index contributed by atoms with van der Waals surface area (Å²) in [6.45, 7) is 11.0. The van der Waals surface area contributed by atoms with Crippen LogP contribution in [0.25, 0.3) is 0 Å². The first-order valence-corrected chi connectivity index (χ1v) is 9.39. The van der Waals surface area contributed by atoms with Crippen LogP contribution in [0.2, 0.25) is 0 Å². The third-order valence-electron chi connectivity index (χ3n) is 8.72. The van der Waals surface area contributed by atoms with E-state index >= 15 is 0 Å². The maximum atomic E-state index is 12.5. The van der Waals surface area contributed by atoms with Crippen LogP contribution in [-0.2, 0) is 14.3 Å². The van der Waals surface area contributed by atoms with E-state index in [1.807, 2.05) is 6.08 Å². The molecule has 0 N–H and O–H groups in total. The van der Waals surface area contributed by atoms with Crippen molar-refractivity contribution < 1.29 is 14.3 Å². The maximum absolute atomic E-state index is 12.5. The molecule has 5 rings (SSSR count). The Bertz CT molecular complexity index is 733. The Hall–Kier alpha value is -1.22. The Kier molecular flexibility index (Phi) is 2.59. The second-order valence-corrected chi connectivity index (χ2v) is 9.27. The molecule has 1 heterocycles. The molecule has 1 saturated heterocycles. The zero-order valence-corrected chi connectivity index (χ0v) is 14.9. The number of epoxide rings is 1. The molecule has 0 radical (unpaired) electrons. The predicted octanol–water partition coefficient (Wildman–Crippen LogP) is 3.63. The smallest absolute Gasteiger partial charge is 0.187 e. The zero-order valence-electron chi connectivity index (χ0n) is 14.9. The summed E-state index contributed by atoms with van der Waals surface area (Å²) in [6, 6.07) is 0. The van der Waals surface area contributed by atoms with Gasteiger partial charge in [0.15, 0.2) is 11.9 Å². The summed E-state index contributed by atoms with van der Waals surface area (Å²) < 4.78 is 6.11. The van der Waals surface area contributed by atoms with Crippen LogP contribution in [-0.4, -0.2) is 23.3 Å². The fraction of sp³-hybridized carbons (Fsp3) is 0.714. The normalized spacial score (nSPS) is 55.3. The standard InChI is InChI=1S/C21H26O3/c1-11-10-16(22)18-21(24-18)12(2)9-13-14-5-6-17(23)19(14,3)8-7-15(13)20(11,21)4/h10,13-15,18H,2,5-9H2,1,3-4H3/t13-,14-,15+,18?,19-,20+,21?/m0/s1. The van der Waals surface area contributed by atoms with Crippen molar-refractivity contribution in [1.29, 1.82) is 0 Å². The van der Waals surface area contributed by atoms with Gasteiger partial charge in [-0.3, -0.25) is 9.59 Å². The number of Topliss-reactive ketones (excluding diaryl/α,β-unsaturated/α-hetero) is 1. The van der Waals surface area contributed by atoms with Gasteiger partial charge in [0, 0.05) is 17.3 Å². The molecule has 3 nitrogen and oxygen atoms in total. The highest BCUT2D eigenvalue weighted by atomic mass is 16.6. The minimum atomic E-state index is -0.458. The molecular weight excluding hydrogens is 300 g/mol. The molecule has 7 atom stereocenters. The van der Waals surface area contributed by atoms with Crippen molar-refractivity contribution in [1.82, 2.24) is 0 Å². The van der Waals surface area contributed by atoms with Gasteiger partial charge in [0.25, 0.3) is 0 Å². The predicted molar refractivity (Wildman–Crippen MR) is 90.3 cm³/mol. The zero-order chi connectivity index (χ0) is 17.1. The van der Waals surface area contributed by atoms with Gasteiger partial charge >= 0.3 is 0 Å².